The summed E-state index contributed by atoms with van der Waals surface area (Å²) in [4.78, 5) is 19.7. The summed E-state index contributed by atoms with van der Waals surface area (Å²) >= 11 is 13.5. The van der Waals surface area contributed by atoms with Crippen molar-refractivity contribution in [2.45, 2.75) is 6.92 Å². The third kappa shape index (κ3) is 4.96. The zero-order valence-corrected chi connectivity index (χ0v) is 19.0. The molecule has 3 aromatic rings. The van der Waals surface area contributed by atoms with Crippen LogP contribution in [0.2, 0.25) is 10.0 Å². The Hall–Kier alpha value is -2.73. The molecule has 0 aliphatic carbocycles. The first-order chi connectivity index (χ1) is 14.9. The number of carbonyl (C=O) groups is 1. The van der Waals surface area contributed by atoms with Crippen molar-refractivity contribution < 1.29 is 9.21 Å². The van der Waals surface area contributed by atoms with Gasteiger partial charge in [-0.2, -0.15) is 0 Å². The number of rotatable bonds is 5. The fraction of sp³-hybridized carbons (Fsp3) is 0.0833. The van der Waals surface area contributed by atoms with Crippen LogP contribution in [0, 0.1) is 6.92 Å². The second-order valence-electron chi connectivity index (χ2n) is 6.91. The molecule has 0 spiro atoms. The van der Waals surface area contributed by atoms with E-state index in [1.807, 2.05) is 37.3 Å². The van der Waals surface area contributed by atoms with Gasteiger partial charge in [0.25, 0.3) is 5.91 Å². The summed E-state index contributed by atoms with van der Waals surface area (Å²) in [5.74, 6) is 1.03. The van der Waals surface area contributed by atoms with Gasteiger partial charge in [-0.05, 0) is 61.2 Å². The van der Waals surface area contributed by atoms with Crippen molar-refractivity contribution in [3.63, 3.8) is 0 Å². The molecule has 0 atom stereocenters. The molecule has 0 unspecified atom stereocenters. The number of aliphatic imine (C=N–C) groups is 1. The lowest BCUT2D eigenvalue weighted by molar-refractivity contribution is -0.121. The van der Waals surface area contributed by atoms with E-state index in [0.29, 0.717) is 38.2 Å². The van der Waals surface area contributed by atoms with Crippen molar-refractivity contribution in [1.29, 1.82) is 0 Å². The van der Waals surface area contributed by atoms with Crippen LogP contribution in [0.15, 0.2) is 81.6 Å². The van der Waals surface area contributed by atoms with Crippen LogP contribution in [-0.2, 0) is 4.79 Å². The van der Waals surface area contributed by atoms with E-state index in [0.717, 1.165) is 16.8 Å². The lowest BCUT2D eigenvalue weighted by atomic mass is 10.2. The van der Waals surface area contributed by atoms with Gasteiger partial charge in [0.2, 0.25) is 0 Å². The van der Waals surface area contributed by atoms with Gasteiger partial charge in [-0.15, -0.1) is 6.58 Å². The minimum atomic E-state index is -0.139. The molecule has 1 amide bonds. The van der Waals surface area contributed by atoms with Crippen LogP contribution in [0.5, 0.6) is 0 Å². The lowest BCUT2D eigenvalue weighted by Gasteiger charge is -2.12. The standard InChI is InChI=1S/C24H18Cl2N2O2S/c1-3-10-28-23(29)22(31-24(28)27-19-6-4-15(2)5-7-19)14-20-8-9-21(30-20)16-11-17(25)13-18(26)12-16/h3-9,11-14H,1,10H2,2H3/b22-14-,27-24?. The molecule has 1 aliphatic rings. The molecule has 2 heterocycles. The lowest BCUT2D eigenvalue weighted by Crippen LogP contribution is -2.29. The van der Waals surface area contributed by atoms with Crippen molar-refractivity contribution in [2.24, 2.45) is 4.99 Å². The first-order valence-corrected chi connectivity index (χ1v) is 11.0. The fourth-order valence-electron chi connectivity index (χ4n) is 3.02. The Labute approximate surface area is 194 Å². The number of amides is 1. The SMILES string of the molecule is C=CCN1C(=O)/C(=C/c2ccc(-c3cc(Cl)cc(Cl)c3)o2)SC1=Nc1ccc(C)cc1. The highest BCUT2D eigenvalue weighted by Crippen LogP contribution is 2.35. The predicted molar refractivity (Wildman–Crippen MR) is 130 cm³/mol. The van der Waals surface area contributed by atoms with Crippen molar-refractivity contribution >= 4 is 57.8 Å². The van der Waals surface area contributed by atoms with Gasteiger partial charge in [0.05, 0.1) is 10.6 Å². The average Bonchev–Trinajstić information content (AvgIpc) is 3.30. The third-order valence-electron chi connectivity index (χ3n) is 4.51. The summed E-state index contributed by atoms with van der Waals surface area (Å²) in [6.07, 6.45) is 3.40. The highest BCUT2D eigenvalue weighted by atomic mass is 35.5. The number of benzene rings is 2. The number of halogens is 2. The smallest absolute Gasteiger partial charge is 0.267 e. The highest BCUT2D eigenvalue weighted by Gasteiger charge is 2.32. The van der Waals surface area contributed by atoms with E-state index in [1.165, 1.54) is 11.8 Å². The van der Waals surface area contributed by atoms with E-state index >= 15 is 0 Å². The Bertz CT molecular complexity index is 1190. The predicted octanol–water partition coefficient (Wildman–Crippen LogP) is 7.35. The summed E-state index contributed by atoms with van der Waals surface area (Å²) in [5, 5.41) is 1.66. The van der Waals surface area contributed by atoms with Crippen molar-refractivity contribution in [3.8, 4) is 11.3 Å². The van der Waals surface area contributed by atoms with Crippen LogP contribution in [0.3, 0.4) is 0 Å². The number of carbonyl (C=O) groups excluding carboxylic acids is 1. The Morgan fingerprint density at radius 1 is 1.10 bits per heavy atom. The summed E-state index contributed by atoms with van der Waals surface area (Å²) in [6, 6.07) is 16.7. The number of nitrogens with zero attached hydrogens (tertiary/aromatic N) is 2. The maximum Gasteiger partial charge on any atom is 0.267 e. The van der Waals surface area contributed by atoms with Crippen LogP contribution in [-0.4, -0.2) is 22.5 Å². The van der Waals surface area contributed by atoms with Crippen LogP contribution < -0.4 is 0 Å². The van der Waals surface area contributed by atoms with Crippen LogP contribution in [0.1, 0.15) is 11.3 Å². The molecule has 0 N–H and O–H groups in total. The molecule has 1 fully saturated rings. The number of furan rings is 1. The molecule has 0 bridgehead atoms. The average molecular weight is 469 g/mol. The van der Waals surface area contributed by atoms with Gasteiger partial charge in [0, 0.05) is 28.2 Å². The fourth-order valence-corrected chi connectivity index (χ4v) is 4.54. The van der Waals surface area contributed by atoms with E-state index in [1.54, 1.807) is 41.3 Å². The van der Waals surface area contributed by atoms with Gasteiger partial charge < -0.3 is 4.42 Å². The van der Waals surface area contributed by atoms with Gasteiger partial charge in [-0.3, -0.25) is 9.69 Å². The van der Waals surface area contributed by atoms with Crippen molar-refractivity contribution in [1.82, 2.24) is 4.90 Å². The second kappa shape index (κ2) is 9.18. The maximum absolute atomic E-state index is 13.0. The second-order valence-corrected chi connectivity index (χ2v) is 8.79. The molecule has 1 aromatic heterocycles. The molecule has 0 saturated carbocycles. The van der Waals surface area contributed by atoms with Gasteiger partial charge in [0.15, 0.2) is 5.17 Å². The Morgan fingerprint density at radius 3 is 2.48 bits per heavy atom. The summed E-state index contributed by atoms with van der Waals surface area (Å²) < 4.78 is 5.91. The Morgan fingerprint density at radius 2 is 1.81 bits per heavy atom. The molecule has 1 aliphatic heterocycles. The van der Waals surface area contributed by atoms with Crippen LogP contribution in [0.25, 0.3) is 17.4 Å². The minimum Gasteiger partial charge on any atom is -0.457 e. The van der Waals surface area contributed by atoms with Gasteiger partial charge in [-0.25, -0.2) is 4.99 Å². The van der Waals surface area contributed by atoms with E-state index < -0.39 is 0 Å². The van der Waals surface area contributed by atoms with E-state index in [4.69, 9.17) is 27.6 Å². The van der Waals surface area contributed by atoms with Crippen molar-refractivity contribution in [3.05, 3.63) is 93.5 Å². The van der Waals surface area contributed by atoms with Gasteiger partial charge in [0.1, 0.15) is 11.5 Å². The minimum absolute atomic E-state index is 0.139. The zero-order chi connectivity index (χ0) is 22.0. The van der Waals surface area contributed by atoms with E-state index in [2.05, 4.69) is 11.6 Å². The van der Waals surface area contributed by atoms with Crippen LogP contribution >= 0.6 is 35.0 Å². The number of amidine groups is 1. The summed E-state index contributed by atoms with van der Waals surface area (Å²) in [6.45, 7) is 6.15. The molecule has 2 aromatic carbocycles. The largest absolute Gasteiger partial charge is 0.457 e. The van der Waals surface area contributed by atoms with E-state index in [-0.39, 0.29) is 5.91 Å². The number of thioether (sulfide) groups is 1. The quantitative estimate of drug-likeness (QED) is 0.290. The molecule has 4 rings (SSSR count). The summed E-state index contributed by atoms with van der Waals surface area (Å²) in [7, 11) is 0. The van der Waals surface area contributed by atoms with Gasteiger partial charge >= 0.3 is 0 Å². The maximum atomic E-state index is 13.0. The molecular formula is C24H18Cl2N2O2S. The van der Waals surface area contributed by atoms with E-state index in [9.17, 15) is 4.79 Å². The van der Waals surface area contributed by atoms with Crippen LogP contribution in [0.4, 0.5) is 5.69 Å². The Kier molecular flexibility index (Phi) is 6.37. The monoisotopic (exact) mass is 468 g/mol. The molecule has 0 radical (unpaired) electrons. The number of aryl methyl sites for hydroxylation is 1. The molecule has 156 valence electrons. The summed E-state index contributed by atoms with van der Waals surface area (Å²) in [5.41, 5.74) is 2.70. The first kappa shape index (κ1) is 21.5. The van der Waals surface area contributed by atoms with Crippen molar-refractivity contribution in [2.75, 3.05) is 6.54 Å². The Balaban J connectivity index is 1.63. The number of hydrogen-bond acceptors (Lipinski definition) is 4. The molecule has 31 heavy (non-hydrogen) atoms. The number of hydrogen-bond donors (Lipinski definition) is 0. The zero-order valence-electron chi connectivity index (χ0n) is 16.6. The highest BCUT2D eigenvalue weighted by molar-refractivity contribution is 8.18. The van der Waals surface area contributed by atoms with Gasteiger partial charge in [-0.1, -0.05) is 47.0 Å². The first-order valence-electron chi connectivity index (χ1n) is 9.47. The molecule has 7 heteroatoms. The molecule has 1 saturated heterocycles. The molecule has 4 nitrogen and oxygen atoms in total. The third-order valence-corrected chi connectivity index (χ3v) is 5.95. The topological polar surface area (TPSA) is 45.8 Å². The normalized spacial score (nSPS) is 16.5. The molecular weight excluding hydrogens is 451 g/mol.